The minimum absolute atomic E-state index is 0.560. The molecular formula is C11H10F3N3. The van der Waals surface area contributed by atoms with Gasteiger partial charge in [-0.05, 0) is 24.1 Å². The molecule has 0 bridgehead atoms. The molecule has 2 rings (SSSR count). The lowest BCUT2D eigenvalue weighted by molar-refractivity contribution is -0.144. The summed E-state index contributed by atoms with van der Waals surface area (Å²) in [5.74, 6) is -1.13. The third-order valence-electron chi connectivity index (χ3n) is 2.35. The number of halogens is 3. The van der Waals surface area contributed by atoms with Gasteiger partial charge in [-0.3, -0.25) is 0 Å². The quantitative estimate of drug-likeness (QED) is 0.809. The van der Waals surface area contributed by atoms with Gasteiger partial charge < -0.3 is 0 Å². The van der Waals surface area contributed by atoms with Crippen LogP contribution in [-0.2, 0) is 12.6 Å². The van der Waals surface area contributed by atoms with Crippen LogP contribution in [0.5, 0.6) is 0 Å². The van der Waals surface area contributed by atoms with Crippen molar-refractivity contribution in [3.05, 3.63) is 42.0 Å². The zero-order chi connectivity index (χ0) is 12.5. The Morgan fingerprint density at radius 1 is 1.18 bits per heavy atom. The fraction of sp³-hybridized carbons (Fsp3) is 0.273. The van der Waals surface area contributed by atoms with Crippen LogP contribution >= 0.6 is 0 Å². The molecule has 1 aromatic heterocycles. The molecule has 0 N–H and O–H groups in total. The Labute approximate surface area is 95.9 Å². The van der Waals surface area contributed by atoms with Crippen molar-refractivity contribution in [3.63, 3.8) is 0 Å². The number of aromatic nitrogens is 3. The fourth-order valence-corrected chi connectivity index (χ4v) is 1.40. The lowest BCUT2D eigenvalue weighted by atomic mass is 10.1. The van der Waals surface area contributed by atoms with Crippen molar-refractivity contribution in [2.24, 2.45) is 0 Å². The van der Waals surface area contributed by atoms with E-state index in [1.165, 1.54) is 0 Å². The van der Waals surface area contributed by atoms with Crippen LogP contribution in [0.2, 0.25) is 0 Å². The molecule has 1 heterocycles. The SMILES string of the molecule is CCc1ccc(-n2cnc(C(F)(F)F)n2)cc1. The molecule has 0 aliphatic carbocycles. The molecule has 6 heteroatoms. The lowest BCUT2D eigenvalue weighted by Crippen LogP contribution is -2.08. The molecule has 0 atom stereocenters. The van der Waals surface area contributed by atoms with Crippen LogP contribution in [0.4, 0.5) is 13.2 Å². The second-order valence-electron chi connectivity index (χ2n) is 3.53. The molecule has 1 aromatic carbocycles. The number of rotatable bonds is 2. The monoisotopic (exact) mass is 241 g/mol. The number of nitrogens with zero attached hydrogens (tertiary/aromatic N) is 3. The summed E-state index contributed by atoms with van der Waals surface area (Å²) >= 11 is 0. The zero-order valence-corrected chi connectivity index (χ0v) is 9.07. The summed E-state index contributed by atoms with van der Waals surface area (Å²) in [6.07, 6.45) is -2.57. The summed E-state index contributed by atoms with van der Waals surface area (Å²) in [4.78, 5) is 3.23. The topological polar surface area (TPSA) is 30.7 Å². The maximum Gasteiger partial charge on any atom is 0.453 e. The van der Waals surface area contributed by atoms with E-state index in [4.69, 9.17) is 0 Å². The van der Waals surface area contributed by atoms with Gasteiger partial charge in [-0.15, -0.1) is 5.10 Å². The summed E-state index contributed by atoms with van der Waals surface area (Å²) in [6, 6.07) is 7.13. The minimum Gasteiger partial charge on any atom is -0.220 e. The van der Waals surface area contributed by atoms with Crippen LogP contribution < -0.4 is 0 Å². The summed E-state index contributed by atoms with van der Waals surface area (Å²) in [7, 11) is 0. The van der Waals surface area contributed by atoms with E-state index in [1.54, 1.807) is 12.1 Å². The van der Waals surface area contributed by atoms with Gasteiger partial charge in [-0.1, -0.05) is 19.1 Å². The maximum absolute atomic E-state index is 12.3. The Balaban J connectivity index is 2.30. The molecule has 0 amide bonds. The first-order valence-corrected chi connectivity index (χ1v) is 5.09. The molecule has 0 aliphatic rings. The summed E-state index contributed by atoms with van der Waals surface area (Å²) in [6.45, 7) is 2.01. The van der Waals surface area contributed by atoms with Gasteiger partial charge in [0.25, 0.3) is 5.82 Å². The Hall–Kier alpha value is -1.85. The molecule has 0 radical (unpaired) electrons. The standard InChI is InChI=1S/C11H10F3N3/c1-2-8-3-5-9(6-4-8)17-7-15-10(16-17)11(12,13)14/h3-7H,2H2,1H3. The highest BCUT2D eigenvalue weighted by atomic mass is 19.4. The summed E-state index contributed by atoms with van der Waals surface area (Å²) in [5, 5.41) is 3.39. The van der Waals surface area contributed by atoms with Gasteiger partial charge in [0.05, 0.1) is 5.69 Å². The minimum atomic E-state index is -4.51. The molecule has 0 saturated heterocycles. The molecule has 17 heavy (non-hydrogen) atoms. The Morgan fingerprint density at radius 2 is 1.82 bits per heavy atom. The van der Waals surface area contributed by atoms with E-state index in [1.807, 2.05) is 19.1 Å². The second-order valence-corrected chi connectivity index (χ2v) is 3.53. The normalized spacial score (nSPS) is 11.8. The molecular weight excluding hydrogens is 231 g/mol. The fourth-order valence-electron chi connectivity index (χ4n) is 1.40. The predicted molar refractivity (Wildman–Crippen MR) is 55.7 cm³/mol. The van der Waals surface area contributed by atoms with E-state index in [0.29, 0.717) is 5.69 Å². The van der Waals surface area contributed by atoms with Crippen molar-refractivity contribution in [1.29, 1.82) is 0 Å². The first-order chi connectivity index (χ1) is 8.00. The molecule has 0 unspecified atom stereocenters. The third kappa shape index (κ3) is 2.46. The van der Waals surface area contributed by atoms with Gasteiger partial charge >= 0.3 is 6.18 Å². The molecule has 0 fully saturated rings. The van der Waals surface area contributed by atoms with E-state index in [0.717, 1.165) is 23.0 Å². The Bertz CT molecular complexity index is 499. The molecule has 3 nitrogen and oxygen atoms in total. The van der Waals surface area contributed by atoms with E-state index in [2.05, 4.69) is 10.1 Å². The van der Waals surface area contributed by atoms with Crippen molar-refractivity contribution in [1.82, 2.24) is 14.8 Å². The second kappa shape index (κ2) is 4.20. The van der Waals surface area contributed by atoms with E-state index in [-0.39, 0.29) is 0 Å². The number of alkyl halides is 3. The predicted octanol–water partition coefficient (Wildman–Crippen LogP) is 2.85. The van der Waals surface area contributed by atoms with Gasteiger partial charge in [-0.2, -0.15) is 13.2 Å². The average molecular weight is 241 g/mol. The van der Waals surface area contributed by atoms with Crippen molar-refractivity contribution in [2.75, 3.05) is 0 Å². The van der Waals surface area contributed by atoms with E-state index in [9.17, 15) is 13.2 Å². The number of hydrogen-bond donors (Lipinski definition) is 0. The highest BCUT2D eigenvalue weighted by molar-refractivity contribution is 5.33. The number of aryl methyl sites for hydroxylation is 1. The van der Waals surface area contributed by atoms with Gasteiger partial charge in [-0.25, -0.2) is 9.67 Å². The number of hydrogen-bond acceptors (Lipinski definition) is 2. The molecule has 0 spiro atoms. The highest BCUT2D eigenvalue weighted by Gasteiger charge is 2.35. The van der Waals surface area contributed by atoms with Crippen molar-refractivity contribution in [2.45, 2.75) is 19.5 Å². The average Bonchev–Trinajstić information content (AvgIpc) is 2.78. The highest BCUT2D eigenvalue weighted by Crippen LogP contribution is 2.25. The van der Waals surface area contributed by atoms with Gasteiger partial charge in [0.2, 0.25) is 0 Å². The van der Waals surface area contributed by atoms with E-state index < -0.39 is 12.0 Å². The molecule has 90 valence electrons. The van der Waals surface area contributed by atoms with E-state index >= 15 is 0 Å². The van der Waals surface area contributed by atoms with Crippen LogP contribution in [0.15, 0.2) is 30.6 Å². The van der Waals surface area contributed by atoms with Gasteiger partial charge in [0, 0.05) is 0 Å². The lowest BCUT2D eigenvalue weighted by Gasteiger charge is -2.02. The summed E-state index contributed by atoms with van der Waals surface area (Å²) in [5.41, 5.74) is 1.68. The molecule has 0 saturated carbocycles. The first-order valence-electron chi connectivity index (χ1n) is 5.09. The van der Waals surface area contributed by atoms with Gasteiger partial charge in [0.15, 0.2) is 0 Å². The third-order valence-corrected chi connectivity index (χ3v) is 2.35. The Kier molecular flexibility index (Phi) is 2.87. The maximum atomic E-state index is 12.3. The van der Waals surface area contributed by atoms with Crippen LogP contribution in [0, 0.1) is 0 Å². The van der Waals surface area contributed by atoms with Gasteiger partial charge in [0.1, 0.15) is 6.33 Å². The molecule has 0 aliphatic heterocycles. The smallest absolute Gasteiger partial charge is 0.220 e. The molecule has 2 aromatic rings. The Morgan fingerprint density at radius 3 is 2.29 bits per heavy atom. The number of benzene rings is 1. The van der Waals surface area contributed by atoms with Crippen LogP contribution in [-0.4, -0.2) is 14.8 Å². The van der Waals surface area contributed by atoms with Crippen LogP contribution in [0.25, 0.3) is 5.69 Å². The first kappa shape index (κ1) is 11.6. The van der Waals surface area contributed by atoms with Crippen LogP contribution in [0.1, 0.15) is 18.3 Å². The van der Waals surface area contributed by atoms with Crippen LogP contribution in [0.3, 0.4) is 0 Å². The largest absolute Gasteiger partial charge is 0.453 e. The van der Waals surface area contributed by atoms with Crippen molar-refractivity contribution in [3.8, 4) is 5.69 Å². The summed E-state index contributed by atoms with van der Waals surface area (Å²) < 4.78 is 38.0. The van der Waals surface area contributed by atoms with Crippen molar-refractivity contribution >= 4 is 0 Å². The van der Waals surface area contributed by atoms with Crippen molar-refractivity contribution < 1.29 is 13.2 Å². The zero-order valence-electron chi connectivity index (χ0n) is 9.07.